The number of ether oxygens (including phenoxy) is 2. The molecule has 1 aliphatic heterocycles. The van der Waals surface area contributed by atoms with Gasteiger partial charge in [0.15, 0.2) is 0 Å². The second-order valence-corrected chi connectivity index (χ2v) is 6.64. The maximum Gasteiger partial charge on any atom is 0.338 e. The van der Waals surface area contributed by atoms with E-state index in [0.29, 0.717) is 17.7 Å². The van der Waals surface area contributed by atoms with Gasteiger partial charge in [0.2, 0.25) is 0 Å². The summed E-state index contributed by atoms with van der Waals surface area (Å²) in [5, 5.41) is -0.270. The third-order valence-electron chi connectivity index (χ3n) is 3.55. The molecule has 1 aliphatic rings. The molecule has 0 spiro atoms. The Labute approximate surface area is 141 Å². The van der Waals surface area contributed by atoms with Crippen LogP contribution in [0.25, 0.3) is 0 Å². The van der Waals surface area contributed by atoms with Crippen LogP contribution < -0.4 is 11.2 Å². The maximum absolute atomic E-state index is 11.9. The minimum atomic E-state index is -0.478. The first-order chi connectivity index (χ1) is 11.5. The van der Waals surface area contributed by atoms with E-state index in [4.69, 9.17) is 9.47 Å². The Morgan fingerprint density at radius 3 is 2.88 bits per heavy atom. The monoisotopic (exact) mass is 348 g/mol. The van der Waals surface area contributed by atoms with Crippen molar-refractivity contribution < 1.29 is 14.3 Å². The number of aromatic amines is 1. The minimum absolute atomic E-state index is 0.0893. The van der Waals surface area contributed by atoms with E-state index in [2.05, 4.69) is 4.98 Å². The number of aromatic nitrogens is 2. The summed E-state index contributed by atoms with van der Waals surface area (Å²) >= 11 is 1.37. The highest BCUT2D eigenvalue weighted by Crippen LogP contribution is 2.34. The zero-order chi connectivity index (χ0) is 17.1. The smallest absolute Gasteiger partial charge is 0.338 e. The van der Waals surface area contributed by atoms with Crippen LogP contribution in [-0.2, 0) is 9.47 Å². The van der Waals surface area contributed by atoms with Crippen molar-refractivity contribution in [3.8, 4) is 0 Å². The number of nitrogens with one attached hydrogen (secondary N) is 1. The fourth-order valence-corrected chi connectivity index (χ4v) is 3.38. The van der Waals surface area contributed by atoms with E-state index >= 15 is 0 Å². The molecule has 0 aliphatic carbocycles. The summed E-state index contributed by atoms with van der Waals surface area (Å²) in [5.41, 5.74) is -0.303. The Bertz CT molecular complexity index is 846. The second-order valence-electron chi connectivity index (χ2n) is 5.30. The SMILES string of the molecule is Cc1cn([C@@H]2CO[C@@H](COC(=O)c3ccccc3)S2)c(=O)[nH]c1=O. The predicted molar refractivity (Wildman–Crippen MR) is 89.2 cm³/mol. The van der Waals surface area contributed by atoms with Crippen molar-refractivity contribution in [3.05, 3.63) is 68.5 Å². The van der Waals surface area contributed by atoms with Gasteiger partial charge in [0.1, 0.15) is 17.4 Å². The summed E-state index contributed by atoms with van der Waals surface area (Å²) in [4.78, 5) is 37.5. The van der Waals surface area contributed by atoms with E-state index in [9.17, 15) is 14.4 Å². The first-order valence-electron chi connectivity index (χ1n) is 7.36. The summed E-state index contributed by atoms with van der Waals surface area (Å²) in [7, 11) is 0. The van der Waals surface area contributed by atoms with Crippen LogP contribution in [0.1, 0.15) is 21.3 Å². The van der Waals surface area contributed by atoms with Gasteiger partial charge < -0.3 is 9.47 Å². The minimum Gasteiger partial charge on any atom is -0.458 e. The Kier molecular flexibility index (Phi) is 4.86. The van der Waals surface area contributed by atoms with Gasteiger partial charge in [-0.2, -0.15) is 0 Å². The zero-order valence-electron chi connectivity index (χ0n) is 12.9. The molecule has 1 aromatic heterocycles. The molecule has 1 fully saturated rings. The third-order valence-corrected chi connectivity index (χ3v) is 4.80. The van der Waals surface area contributed by atoms with Crippen molar-refractivity contribution in [1.29, 1.82) is 0 Å². The molecule has 7 nitrogen and oxygen atoms in total. The van der Waals surface area contributed by atoms with E-state index < -0.39 is 17.2 Å². The Morgan fingerprint density at radius 1 is 1.38 bits per heavy atom. The van der Waals surface area contributed by atoms with Crippen LogP contribution in [0.2, 0.25) is 0 Å². The number of hydrogen-bond donors (Lipinski definition) is 1. The number of carbonyl (C=O) groups excluding carboxylic acids is 1. The lowest BCUT2D eigenvalue weighted by molar-refractivity contribution is 0.0273. The van der Waals surface area contributed by atoms with Crippen molar-refractivity contribution in [1.82, 2.24) is 9.55 Å². The van der Waals surface area contributed by atoms with Gasteiger partial charge in [-0.15, -0.1) is 0 Å². The van der Waals surface area contributed by atoms with Gasteiger partial charge >= 0.3 is 11.7 Å². The molecule has 2 aromatic rings. The largest absolute Gasteiger partial charge is 0.458 e. The van der Waals surface area contributed by atoms with Crippen LogP contribution in [0.4, 0.5) is 0 Å². The average molecular weight is 348 g/mol. The summed E-state index contributed by atoms with van der Waals surface area (Å²) in [5.74, 6) is -0.416. The average Bonchev–Trinajstić information content (AvgIpc) is 3.05. The van der Waals surface area contributed by atoms with Crippen LogP contribution in [0.3, 0.4) is 0 Å². The highest BCUT2D eigenvalue weighted by Gasteiger charge is 2.29. The van der Waals surface area contributed by atoms with Gasteiger partial charge in [-0.05, 0) is 19.1 Å². The number of H-pyrrole nitrogens is 1. The molecule has 0 saturated carbocycles. The first-order valence-corrected chi connectivity index (χ1v) is 8.30. The molecular weight excluding hydrogens is 332 g/mol. The highest BCUT2D eigenvalue weighted by atomic mass is 32.2. The lowest BCUT2D eigenvalue weighted by atomic mass is 10.2. The lowest BCUT2D eigenvalue weighted by Crippen LogP contribution is -2.32. The molecule has 0 radical (unpaired) electrons. The van der Waals surface area contributed by atoms with E-state index in [1.54, 1.807) is 31.2 Å². The molecular formula is C16H16N2O5S. The van der Waals surface area contributed by atoms with Crippen LogP contribution in [0.15, 0.2) is 46.1 Å². The van der Waals surface area contributed by atoms with Crippen molar-refractivity contribution in [3.63, 3.8) is 0 Å². The lowest BCUT2D eigenvalue weighted by Gasteiger charge is -2.12. The first kappa shape index (κ1) is 16.5. The number of rotatable bonds is 4. The molecule has 0 amide bonds. The highest BCUT2D eigenvalue weighted by molar-refractivity contribution is 8.00. The summed E-state index contributed by atoms with van der Waals surface area (Å²) in [6.07, 6.45) is 1.51. The number of esters is 1. The molecule has 2 atom stereocenters. The fourth-order valence-electron chi connectivity index (χ4n) is 2.28. The van der Waals surface area contributed by atoms with Gasteiger partial charge in [-0.3, -0.25) is 14.3 Å². The van der Waals surface area contributed by atoms with Crippen LogP contribution in [-0.4, -0.2) is 34.2 Å². The molecule has 3 rings (SSSR count). The Morgan fingerprint density at radius 2 is 2.12 bits per heavy atom. The van der Waals surface area contributed by atoms with Crippen molar-refractivity contribution in [2.45, 2.75) is 17.7 Å². The molecule has 2 heterocycles. The fraction of sp³-hybridized carbons (Fsp3) is 0.312. The predicted octanol–water partition coefficient (Wildman–Crippen LogP) is 1.29. The van der Waals surface area contributed by atoms with Crippen LogP contribution >= 0.6 is 11.8 Å². The van der Waals surface area contributed by atoms with Crippen molar-refractivity contribution >= 4 is 17.7 Å². The van der Waals surface area contributed by atoms with Crippen molar-refractivity contribution in [2.24, 2.45) is 0 Å². The number of benzene rings is 1. The van der Waals surface area contributed by atoms with Gasteiger partial charge in [-0.25, -0.2) is 9.59 Å². The maximum atomic E-state index is 11.9. The van der Waals surface area contributed by atoms with E-state index in [-0.39, 0.29) is 17.4 Å². The number of aryl methyl sites for hydroxylation is 1. The van der Waals surface area contributed by atoms with Crippen LogP contribution in [0.5, 0.6) is 0 Å². The second kappa shape index (κ2) is 7.06. The van der Waals surface area contributed by atoms with E-state index in [1.165, 1.54) is 22.5 Å². The molecule has 8 heteroatoms. The summed E-state index contributed by atoms with van der Waals surface area (Å²) in [6, 6.07) is 8.70. The summed E-state index contributed by atoms with van der Waals surface area (Å²) in [6.45, 7) is 2.02. The molecule has 24 heavy (non-hydrogen) atoms. The number of carbonyl (C=O) groups is 1. The van der Waals surface area contributed by atoms with E-state index in [0.717, 1.165) is 0 Å². The summed E-state index contributed by atoms with van der Waals surface area (Å²) < 4.78 is 12.2. The molecule has 1 saturated heterocycles. The number of thioether (sulfide) groups is 1. The van der Waals surface area contributed by atoms with Gasteiger partial charge in [0.25, 0.3) is 5.56 Å². The zero-order valence-corrected chi connectivity index (χ0v) is 13.7. The van der Waals surface area contributed by atoms with E-state index in [1.807, 2.05) is 6.07 Å². The molecule has 0 bridgehead atoms. The van der Waals surface area contributed by atoms with Crippen molar-refractivity contribution in [2.75, 3.05) is 13.2 Å². The molecule has 1 N–H and O–H groups in total. The standard InChI is InChI=1S/C16H16N2O5S/c1-10-7-18(16(21)17-14(10)19)12-8-22-13(24-12)9-23-15(20)11-5-3-2-4-6-11/h2-7,12-13H,8-9H2,1H3,(H,17,19,21)/t12-,13+/m0/s1. The normalized spacial score (nSPS) is 20.0. The third kappa shape index (κ3) is 3.60. The molecule has 126 valence electrons. The van der Waals surface area contributed by atoms with Crippen LogP contribution in [0, 0.1) is 6.92 Å². The molecule has 1 aromatic carbocycles. The van der Waals surface area contributed by atoms with Gasteiger partial charge in [-0.1, -0.05) is 30.0 Å². The molecule has 0 unspecified atom stereocenters. The van der Waals surface area contributed by atoms with Gasteiger partial charge in [0, 0.05) is 11.8 Å². The number of nitrogens with zero attached hydrogens (tertiary/aromatic N) is 1. The Hall–Kier alpha value is -2.32. The number of hydrogen-bond acceptors (Lipinski definition) is 6. The van der Waals surface area contributed by atoms with Gasteiger partial charge in [0.05, 0.1) is 12.2 Å². The quantitative estimate of drug-likeness (QED) is 0.838. The topological polar surface area (TPSA) is 90.4 Å². The Balaban J connectivity index is 1.60.